The van der Waals surface area contributed by atoms with Crippen molar-refractivity contribution >= 4 is 23.9 Å². The average Bonchev–Trinajstić information content (AvgIpc) is 3.42. The molecule has 0 amide bonds. The number of aliphatic carboxylic acids is 1. The van der Waals surface area contributed by atoms with E-state index in [2.05, 4.69) is 93.7 Å². The summed E-state index contributed by atoms with van der Waals surface area (Å²) in [6, 6.07) is 0. The number of aliphatic hydroxyl groups excluding tert-OH is 2. The summed E-state index contributed by atoms with van der Waals surface area (Å²) in [7, 11) is 0. The van der Waals surface area contributed by atoms with Crippen molar-refractivity contribution in [3.63, 3.8) is 0 Å². The number of hydrogen-bond acceptors (Lipinski definition) is 11. The Labute approximate surface area is 468 Å². The minimum atomic E-state index is -1.91. The molecule has 0 aromatic carbocycles. The van der Waals surface area contributed by atoms with Crippen LogP contribution in [-0.2, 0) is 42.9 Å². The van der Waals surface area contributed by atoms with E-state index in [1.54, 1.807) is 0 Å². The van der Waals surface area contributed by atoms with Gasteiger partial charge in [-0.25, -0.2) is 4.79 Å². The molecule has 77 heavy (non-hydrogen) atoms. The quantitative estimate of drug-likeness (QED) is 0.0228. The maximum Gasteiger partial charge on any atom is 0.335 e. The third-order valence-electron chi connectivity index (χ3n) is 13.8. The highest BCUT2D eigenvalue weighted by molar-refractivity contribution is 5.74. The molecule has 1 aliphatic heterocycles. The Morgan fingerprint density at radius 1 is 0.442 bits per heavy atom. The lowest BCUT2D eigenvalue weighted by Crippen LogP contribution is -2.61. The van der Waals surface area contributed by atoms with Crippen molar-refractivity contribution in [3.8, 4) is 0 Å². The molecule has 442 valence electrons. The van der Waals surface area contributed by atoms with Crippen LogP contribution < -0.4 is 0 Å². The van der Waals surface area contributed by atoms with Gasteiger partial charge >= 0.3 is 23.9 Å². The topological polar surface area (TPSA) is 175 Å². The van der Waals surface area contributed by atoms with Crippen molar-refractivity contribution in [2.45, 2.75) is 302 Å². The normalized spacial score (nSPS) is 18.5. The maximum absolute atomic E-state index is 13.2. The van der Waals surface area contributed by atoms with Gasteiger partial charge in [0.25, 0.3) is 0 Å². The summed E-state index contributed by atoms with van der Waals surface area (Å²) < 4.78 is 28.4. The second-order valence-corrected chi connectivity index (χ2v) is 21.0. The van der Waals surface area contributed by atoms with Gasteiger partial charge in [-0.05, 0) is 89.9 Å². The molecule has 1 fully saturated rings. The zero-order chi connectivity index (χ0) is 56.1. The molecule has 1 heterocycles. The molecule has 0 spiro atoms. The zero-order valence-electron chi connectivity index (χ0n) is 48.7. The summed E-state index contributed by atoms with van der Waals surface area (Å²) in [5.74, 6) is -3.17. The van der Waals surface area contributed by atoms with Crippen LogP contribution in [0.1, 0.15) is 265 Å². The molecule has 1 rings (SSSR count). The second kappa shape index (κ2) is 52.8. The Kier molecular flexibility index (Phi) is 48.8. The molecule has 6 unspecified atom stereocenters. The third kappa shape index (κ3) is 42.7. The summed E-state index contributed by atoms with van der Waals surface area (Å²) in [6.45, 7) is 5.83. The van der Waals surface area contributed by atoms with Crippen LogP contribution in [0.5, 0.6) is 0 Å². The number of carbonyl (C=O) groups excluding carboxylic acids is 3. The lowest BCUT2D eigenvalue weighted by Gasteiger charge is -2.40. The van der Waals surface area contributed by atoms with Gasteiger partial charge in [0.1, 0.15) is 18.8 Å². The van der Waals surface area contributed by atoms with E-state index in [1.807, 2.05) is 0 Å². The first-order valence-corrected chi connectivity index (χ1v) is 30.9. The Morgan fingerprint density at radius 2 is 0.818 bits per heavy atom. The van der Waals surface area contributed by atoms with Crippen LogP contribution in [0, 0.1) is 0 Å². The number of ether oxygens (including phenoxy) is 5. The molecule has 12 heteroatoms. The molecule has 6 atom stereocenters. The minimum Gasteiger partial charge on any atom is -0.479 e. The van der Waals surface area contributed by atoms with E-state index in [9.17, 15) is 34.5 Å². The molecule has 12 nitrogen and oxygen atoms in total. The highest BCUT2D eigenvalue weighted by Gasteiger charge is 2.50. The van der Waals surface area contributed by atoms with Crippen molar-refractivity contribution in [2.75, 3.05) is 13.2 Å². The largest absolute Gasteiger partial charge is 0.479 e. The van der Waals surface area contributed by atoms with E-state index in [0.29, 0.717) is 19.3 Å². The number of carboxylic acid groups (broad SMARTS) is 1. The van der Waals surface area contributed by atoms with Crippen molar-refractivity contribution < 1.29 is 58.2 Å². The van der Waals surface area contributed by atoms with Gasteiger partial charge < -0.3 is 39.0 Å². The Bertz CT molecular complexity index is 1620. The van der Waals surface area contributed by atoms with E-state index < -0.39 is 67.3 Å². The molecule has 0 saturated carbocycles. The third-order valence-corrected chi connectivity index (χ3v) is 13.8. The van der Waals surface area contributed by atoms with Gasteiger partial charge in [0.15, 0.2) is 24.6 Å². The standard InChI is InChI=1S/C65H110O12/c1-4-7-10-13-16-19-22-25-28-29-32-35-38-41-44-47-50-53-59(68)76-63-61(70)60(69)62(64(71)72)77-65(63)74-55-56(75-58(67)52-49-46-43-40-37-34-31-27-24-21-18-15-12-9-6-3)54-73-57(66)51-48-45-42-39-36-33-30-26-23-20-17-14-11-8-5-2/h8,11,16-17,19-20,25-26,28,30,36,39,56,60-63,65,69-70H,4-7,9-10,12-15,18,21-24,27,29,31-35,37-38,40-55H2,1-3H3,(H,71,72)/b11-8-,19-16-,20-17-,28-25-,30-26-,39-36-. The average molecular weight is 1080 g/mol. The molecule has 0 aliphatic carbocycles. The fourth-order valence-corrected chi connectivity index (χ4v) is 9.04. The van der Waals surface area contributed by atoms with Crippen molar-refractivity contribution in [3.05, 3.63) is 72.9 Å². The summed E-state index contributed by atoms with van der Waals surface area (Å²) in [5.41, 5.74) is 0. The highest BCUT2D eigenvalue weighted by atomic mass is 16.7. The van der Waals surface area contributed by atoms with Crippen molar-refractivity contribution in [1.82, 2.24) is 0 Å². The highest BCUT2D eigenvalue weighted by Crippen LogP contribution is 2.26. The number of esters is 3. The zero-order valence-corrected chi connectivity index (χ0v) is 48.7. The molecule has 3 N–H and O–H groups in total. The Hall–Kier alpha value is -3.84. The van der Waals surface area contributed by atoms with Gasteiger partial charge in [-0.1, -0.05) is 229 Å². The van der Waals surface area contributed by atoms with E-state index in [0.717, 1.165) is 116 Å². The van der Waals surface area contributed by atoms with Crippen LogP contribution in [0.2, 0.25) is 0 Å². The predicted molar refractivity (Wildman–Crippen MR) is 312 cm³/mol. The number of carboxylic acids is 1. The van der Waals surface area contributed by atoms with Gasteiger partial charge in [0, 0.05) is 19.3 Å². The van der Waals surface area contributed by atoms with Gasteiger partial charge in [0.05, 0.1) is 6.61 Å². The lowest BCUT2D eigenvalue weighted by atomic mass is 9.98. The summed E-state index contributed by atoms with van der Waals surface area (Å²) in [4.78, 5) is 51.2. The summed E-state index contributed by atoms with van der Waals surface area (Å²) in [6.07, 6.45) is 54.3. The molecule has 0 bridgehead atoms. The molecule has 0 radical (unpaired) electrons. The molecule has 1 saturated heterocycles. The predicted octanol–water partition coefficient (Wildman–Crippen LogP) is 16.1. The monoisotopic (exact) mass is 1080 g/mol. The number of aliphatic hydroxyl groups is 2. The maximum atomic E-state index is 13.2. The SMILES string of the molecule is CC/C=C\C/C=C\C/C=C\C/C=C\CCCCC(=O)OCC(COC1OC(C(=O)O)C(O)C(O)C1OC(=O)CCCCCCCCC/C=C\C/C=C\CCCCC)OC(=O)CCCCCCCCCCCCCCCCC. The van der Waals surface area contributed by atoms with E-state index in [4.69, 9.17) is 23.7 Å². The lowest BCUT2D eigenvalue weighted by molar-refractivity contribution is -0.301. The van der Waals surface area contributed by atoms with Crippen LogP contribution >= 0.6 is 0 Å². The van der Waals surface area contributed by atoms with Crippen molar-refractivity contribution in [1.29, 1.82) is 0 Å². The van der Waals surface area contributed by atoms with Crippen LogP contribution in [-0.4, -0.2) is 89.2 Å². The van der Waals surface area contributed by atoms with Gasteiger partial charge in [-0.2, -0.15) is 0 Å². The van der Waals surface area contributed by atoms with Crippen LogP contribution in [0.15, 0.2) is 72.9 Å². The van der Waals surface area contributed by atoms with Crippen LogP contribution in [0.4, 0.5) is 0 Å². The Balaban J connectivity index is 2.70. The molecule has 1 aliphatic rings. The minimum absolute atomic E-state index is 0.0468. The summed E-state index contributed by atoms with van der Waals surface area (Å²) in [5, 5.41) is 31.5. The number of hydrogen-bond donors (Lipinski definition) is 3. The van der Waals surface area contributed by atoms with Gasteiger partial charge in [0.2, 0.25) is 0 Å². The molecule has 0 aromatic rings. The first-order valence-electron chi connectivity index (χ1n) is 30.9. The number of carbonyl (C=O) groups is 4. The number of unbranched alkanes of at least 4 members (excludes halogenated alkanes) is 26. The number of rotatable bonds is 52. The molecular weight excluding hydrogens is 973 g/mol. The first-order chi connectivity index (χ1) is 37.6. The first kappa shape index (κ1) is 71.2. The van der Waals surface area contributed by atoms with Gasteiger partial charge in [-0.15, -0.1) is 0 Å². The van der Waals surface area contributed by atoms with Crippen LogP contribution in [0.25, 0.3) is 0 Å². The van der Waals surface area contributed by atoms with E-state index >= 15 is 0 Å². The molecular formula is C65H110O12. The fraction of sp³-hybridized carbons (Fsp3) is 0.754. The van der Waals surface area contributed by atoms with Crippen molar-refractivity contribution in [2.24, 2.45) is 0 Å². The smallest absolute Gasteiger partial charge is 0.335 e. The van der Waals surface area contributed by atoms with E-state index in [-0.39, 0.29) is 25.9 Å². The van der Waals surface area contributed by atoms with E-state index in [1.165, 1.54) is 89.9 Å². The Morgan fingerprint density at radius 3 is 1.30 bits per heavy atom. The van der Waals surface area contributed by atoms with Gasteiger partial charge in [-0.3, -0.25) is 14.4 Å². The fourth-order valence-electron chi connectivity index (χ4n) is 9.04. The molecule has 0 aromatic heterocycles. The van der Waals surface area contributed by atoms with Crippen LogP contribution in [0.3, 0.4) is 0 Å². The number of allylic oxidation sites excluding steroid dienone is 12. The second-order valence-electron chi connectivity index (χ2n) is 21.0. The summed E-state index contributed by atoms with van der Waals surface area (Å²) >= 11 is 0.